The maximum Gasteiger partial charge on any atom is 0.325 e. The number of tetrazole rings is 1. The zero-order valence-electron chi connectivity index (χ0n) is 8.59. The highest BCUT2D eigenvalue weighted by Gasteiger charge is 2.08. The molecular formula is C8H14N4O3. The third-order valence-electron chi connectivity index (χ3n) is 1.71. The molecule has 0 saturated carbocycles. The largest absolute Gasteiger partial charge is 0.480 e. The molecule has 0 atom stereocenters. The first-order chi connectivity index (χ1) is 7.24. The fourth-order valence-corrected chi connectivity index (χ4v) is 1.06. The minimum Gasteiger partial charge on any atom is -0.480 e. The zero-order chi connectivity index (χ0) is 11.1. The molecule has 0 radical (unpaired) electrons. The number of carboxylic acid groups (broad SMARTS) is 1. The van der Waals surface area contributed by atoms with Crippen LogP contribution >= 0.6 is 0 Å². The van der Waals surface area contributed by atoms with Crippen LogP contribution in [0.2, 0.25) is 0 Å². The predicted octanol–water partition coefficient (Wildman–Crippen LogP) is -0.273. The molecule has 0 amide bonds. The van der Waals surface area contributed by atoms with E-state index in [0.29, 0.717) is 25.5 Å². The molecule has 0 aromatic carbocycles. The minimum atomic E-state index is -0.960. The monoisotopic (exact) mass is 214 g/mol. The fourth-order valence-electron chi connectivity index (χ4n) is 1.06. The van der Waals surface area contributed by atoms with Crippen molar-refractivity contribution in [1.29, 1.82) is 0 Å². The Morgan fingerprint density at radius 3 is 3.00 bits per heavy atom. The van der Waals surface area contributed by atoms with Crippen molar-refractivity contribution in [2.45, 2.75) is 26.3 Å². The molecule has 0 aliphatic carbocycles. The SMILES string of the molecule is CCCOCCc1nnnn1CC(=O)O. The highest BCUT2D eigenvalue weighted by molar-refractivity contribution is 5.66. The Kier molecular flexibility index (Phi) is 4.69. The number of hydrogen-bond acceptors (Lipinski definition) is 5. The van der Waals surface area contributed by atoms with E-state index in [-0.39, 0.29) is 6.54 Å². The van der Waals surface area contributed by atoms with Crippen LogP contribution in [0.3, 0.4) is 0 Å². The summed E-state index contributed by atoms with van der Waals surface area (Å²) in [6, 6.07) is 0. The molecule has 7 nitrogen and oxygen atoms in total. The van der Waals surface area contributed by atoms with E-state index in [2.05, 4.69) is 15.5 Å². The Bertz CT molecular complexity index is 313. The lowest BCUT2D eigenvalue weighted by atomic mass is 10.4. The van der Waals surface area contributed by atoms with Crippen molar-refractivity contribution in [2.24, 2.45) is 0 Å². The van der Waals surface area contributed by atoms with E-state index in [1.165, 1.54) is 4.68 Å². The number of nitrogens with zero attached hydrogens (tertiary/aromatic N) is 4. The maximum absolute atomic E-state index is 10.4. The van der Waals surface area contributed by atoms with Crippen LogP contribution in [0.25, 0.3) is 0 Å². The Morgan fingerprint density at radius 1 is 1.53 bits per heavy atom. The Balaban J connectivity index is 2.39. The van der Waals surface area contributed by atoms with Gasteiger partial charge in [-0.1, -0.05) is 6.92 Å². The average Bonchev–Trinajstić information content (AvgIpc) is 2.59. The number of ether oxygens (including phenoxy) is 1. The minimum absolute atomic E-state index is 0.212. The normalized spacial score (nSPS) is 10.5. The van der Waals surface area contributed by atoms with E-state index in [0.717, 1.165) is 6.42 Å². The van der Waals surface area contributed by atoms with Crippen LogP contribution in [-0.4, -0.2) is 44.5 Å². The molecule has 1 heterocycles. The molecule has 0 bridgehead atoms. The first kappa shape index (κ1) is 11.6. The van der Waals surface area contributed by atoms with Gasteiger partial charge >= 0.3 is 5.97 Å². The standard InChI is InChI=1S/C8H14N4O3/c1-2-4-15-5-3-7-9-10-11-12(7)6-8(13)14/h2-6H2,1H3,(H,13,14). The van der Waals surface area contributed by atoms with Gasteiger partial charge in [-0.25, -0.2) is 4.68 Å². The Hall–Kier alpha value is -1.50. The second-order valence-electron chi connectivity index (χ2n) is 3.01. The highest BCUT2D eigenvalue weighted by Crippen LogP contribution is 1.94. The molecule has 1 N–H and O–H groups in total. The van der Waals surface area contributed by atoms with Crippen LogP contribution in [0, 0.1) is 0 Å². The second-order valence-corrected chi connectivity index (χ2v) is 3.01. The number of aliphatic carboxylic acids is 1. The molecular weight excluding hydrogens is 200 g/mol. The lowest BCUT2D eigenvalue weighted by molar-refractivity contribution is -0.138. The van der Waals surface area contributed by atoms with Crippen LogP contribution in [0.5, 0.6) is 0 Å². The fraction of sp³-hybridized carbons (Fsp3) is 0.750. The van der Waals surface area contributed by atoms with Gasteiger partial charge in [0.05, 0.1) is 6.61 Å². The average molecular weight is 214 g/mol. The molecule has 0 fully saturated rings. The van der Waals surface area contributed by atoms with Crippen molar-refractivity contribution >= 4 is 5.97 Å². The summed E-state index contributed by atoms with van der Waals surface area (Å²) in [4.78, 5) is 10.4. The van der Waals surface area contributed by atoms with E-state index in [1.807, 2.05) is 6.92 Å². The summed E-state index contributed by atoms with van der Waals surface area (Å²) >= 11 is 0. The summed E-state index contributed by atoms with van der Waals surface area (Å²) in [6.45, 7) is 3.01. The molecule has 0 saturated heterocycles. The van der Waals surface area contributed by atoms with Crippen LogP contribution in [0.15, 0.2) is 0 Å². The molecule has 7 heteroatoms. The number of aromatic nitrogens is 4. The first-order valence-corrected chi connectivity index (χ1v) is 4.78. The third kappa shape index (κ3) is 4.03. The topological polar surface area (TPSA) is 90.1 Å². The molecule has 84 valence electrons. The smallest absolute Gasteiger partial charge is 0.325 e. The molecule has 1 aromatic heterocycles. The van der Waals surface area contributed by atoms with Crippen molar-refractivity contribution in [3.63, 3.8) is 0 Å². The van der Waals surface area contributed by atoms with Crippen molar-refractivity contribution < 1.29 is 14.6 Å². The number of hydrogen-bond donors (Lipinski definition) is 1. The van der Waals surface area contributed by atoms with Gasteiger partial charge in [0, 0.05) is 13.0 Å². The van der Waals surface area contributed by atoms with E-state index < -0.39 is 5.97 Å². The van der Waals surface area contributed by atoms with Gasteiger partial charge in [0.2, 0.25) is 0 Å². The number of carboxylic acids is 1. The van der Waals surface area contributed by atoms with Crippen LogP contribution in [0.4, 0.5) is 0 Å². The van der Waals surface area contributed by atoms with Gasteiger partial charge in [-0.05, 0) is 16.8 Å². The number of carbonyl (C=O) groups is 1. The van der Waals surface area contributed by atoms with Crippen molar-refractivity contribution in [3.05, 3.63) is 5.82 Å². The summed E-state index contributed by atoms with van der Waals surface area (Å²) < 4.78 is 6.52. The summed E-state index contributed by atoms with van der Waals surface area (Å²) in [5, 5.41) is 19.3. The van der Waals surface area contributed by atoms with Gasteiger partial charge in [0.1, 0.15) is 6.54 Å². The molecule has 1 rings (SSSR count). The number of rotatable bonds is 7. The van der Waals surface area contributed by atoms with Crippen LogP contribution < -0.4 is 0 Å². The van der Waals surface area contributed by atoms with E-state index >= 15 is 0 Å². The van der Waals surface area contributed by atoms with E-state index in [1.54, 1.807) is 0 Å². The second kappa shape index (κ2) is 6.07. The Labute approximate surface area is 87.0 Å². The van der Waals surface area contributed by atoms with E-state index in [4.69, 9.17) is 9.84 Å². The van der Waals surface area contributed by atoms with Crippen molar-refractivity contribution in [2.75, 3.05) is 13.2 Å². The first-order valence-electron chi connectivity index (χ1n) is 4.78. The maximum atomic E-state index is 10.4. The van der Waals surface area contributed by atoms with Gasteiger partial charge in [0.25, 0.3) is 0 Å². The summed E-state index contributed by atoms with van der Waals surface area (Å²) in [7, 11) is 0. The molecule has 0 aliphatic rings. The molecule has 0 aliphatic heterocycles. The van der Waals surface area contributed by atoms with Gasteiger partial charge < -0.3 is 9.84 Å². The van der Waals surface area contributed by atoms with Crippen LogP contribution in [0.1, 0.15) is 19.2 Å². The molecule has 1 aromatic rings. The predicted molar refractivity (Wildman–Crippen MR) is 50.3 cm³/mol. The molecule has 0 unspecified atom stereocenters. The van der Waals surface area contributed by atoms with Gasteiger partial charge in [-0.3, -0.25) is 4.79 Å². The lowest BCUT2D eigenvalue weighted by Gasteiger charge is -2.02. The highest BCUT2D eigenvalue weighted by atomic mass is 16.5. The van der Waals surface area contributed by atoms with Crippen molar-refractivity contribution in [3.8, 4) is 0 Å². The zero-order valence-corrected chi connectivity index (χ0v) is 8.59. The van der Waals surface area contributed by atoms with Crippen molar-refractivity contribution in [1.82, 2.24) is 20.2 Å². The quantitative estimate of drug-likeness (QED) is 0.628. The molecule has 15 heavy (non-hydrogen) atoms. The van der Waals surface area contributed by atoms with Gasteiger partial charge in [-0.15, -0.1) is 5.10 Å². The summed E-state index contributed by atoms with van der Waals surface area (Å²) in [5.41, 5.74) is 0. The Morgan fingerprint density at radius 2 is 2.33 bits per heavy atom. The van der Waals surface area contributed by atoms with Gasteiger partial charge in [-0.2, -0.15) is 0 Å². The summed E-state index contributed by atoms with van der Waals surface area (Å²) in [5.74, 6) is -0.425. The van der Waals surface area contributed by atoms with Gasteiger partial charge in [0.15, 0.2) is 5.82 Å². The summed E-state index contributed by atoms with van der Waals surface area (Å²) in [6.07, 6.45) is 1.49. The van der Waals surface area contributed by atoms with Crippen LogP contribution in [-0.2, 0) is 22.5 Å². The van der Waals surface area contributed by atoms with E-state index in [9.17, 15) is 4.79 Å². The molecule has 0 spiro atoms. The third-order valence-corrected chi connectivity index (χ3v) is 1.71. The lowest BCUT2D eigenvalue weighted by Crippen LogP contribution is -2.15.